The van der Waals surface area contributed by atoms with Crippen LogP contribution in [0.3, 0.4) is 0 Å². The van der Waals surface area contributed by atoms with E-state index in [0.29, 0.717) is 11.5 Å². The van der Waals surface area contributed by atoms with Gasteiger partial charge >= 0.3 is 5.97 Å². The second kappa shape index (κ2) is 8.30. The summed E-state index contributed by atoms with van der Waals surface area (Å²) in [4.78, 5) is 12.5. The first-order valence-electron chi connectivity index (χ1n) is 8.91. The molecule has 0 aromatic heterocycles. The van der Waals surface area contributed by atoms with E-state index in [0.717, 1.165) is 0 Å². The van der Waals surface area contributed by atoms with Crippen LogP contribution in [0, 0.1) is 0 Å². The number of benzene rings is 2. The van der Waals surface area contributed by atoms with Gasteiger partial charge in [0, 0.05) is 13.1 Å². The molecule has 28 heavy (non-hydrogen) atoms. The number of carbonyl (C=O) groups excluding carboxylic acids is 1. The van der Waals surface area contributed by atoms with Crippen LogP contribution in [-0.4, -0.2) is 51.1 Å². The summed E-state index contributed by atoms with van der Waals surface area (Å²) in [5, 5.41) is 0. The smallest absolute Gasteiger partial charge is 0.343 e. The molecular weight excluding hydrogens is 382 g/mol. The topological polar surface area (TPSA) is 82.1 Å². The second-order valence-corrected chi connectivity index (χ2v) is 8.61. The van der Waals surface area contributed by atoms with Gasteiger partial charge in [-0.05, 0) is 56.3 Å². The molecule has 1 saturated heterocycles. The minimum Gasteiger partial charge on any atom is -0.497 e. The predicted molar refractivity (Wildman–Crippen MR) is 103 cm³/mol. The van der Waals surface area contributed by atoms with Crippen molar-refractivity contribution in [2.45, 2.75) is 31.0 Å². The van der Waals surface area contributed by atoms with Crippen LogP contribution < -0.4 is 9.47 Å². The summed E-state index contributed by atoms with van der Waals surface area (Å²) in [5.74, 6) is 0.350. The molecule has 0 bridgehead atoms. The number of carbonyl (C=O) groups is 1. The monoisotopic (exact) mass is 405 g/mol. The fourth-order valence-corrected chi connectivity index (χ4v) is 4.71. The van der Waals surface area contributed by atoms with E-state index < -0.39 is 16.0 Å². The summed E-state index contributed by atoms with van der Waals surface area (Å²) in [5.41, 5.74) is 0.159. The van der Waals surface area contributed by atoms with Gasteiger partial charge in [0.1, 0.15) is 11.5 Å². The lowest BCUT2D eigenvalue weighted by atomic mass is 10.2. The number of methoxy groups -OCH3 is 1. The standard InChI is InChI=1S/C20H23NO6S/c1-14-12-21(13-15(2)26-14)28(23,24)19-6-4-5-16(11-19)20(22)27-18-9-7-17(25-3)8-10-18/h4-11,14-15H,12-13H2,1-3H3/t14-,15-/m1/s1. The van der Waals surface area contributed by atoms with Gasteiger partial charge in [0.05, 0.1) is 29.8 Å². The van der Waals surface area contributed by atoms with E-state index in [2.05, 4.69) is 0 Å². The summed E-state index contributed by atoms with van der Waals surface area (Å²) in [7, 11) is -2.19. The maximum absolute atomic E-state index is 13.0. The molecule has 8 heteroatoms. The fourth-order valence-electron chi connectivity index (χ4n) is 3.07. The van der Waals surface area contributed by atoms with Gasteiger partial charge in [0.25, 0.3) is 0 Å². The summed E-state index contributed by atoms with van der Waals surface area (Å²) in [6, 6.07) is 12.4. The average molecular weight is 405 g/mol. The molecule has 0 aliphatic carbocycles. The number of sulfonamides is 1. The maximum atomic E-state index is 13.0. The molecule has 7 nitrogen and oxygen atoms in total. The molecule has 1 aliphatic heterocycles. The van der Waals surface area contributed by atoms with Gasteiger partial charge in [-0.3, -0.25) is 0 Å². The van der Waals surface area contributed by atoms with Crippen molar-refractivity contribution in [2.75, 3.05) is 20.2 Å². The zero-order chi connectivity index (χ0) is 20.3. The molecule has 150 valence electrons. The van der Waals surface area contributed by atoms with Gasteiger partial charge in [-0.15, -0.1) is 0 Å². The lowest BCUT2D eigenvalue weighted by molar-refractivity contribution is -0.0440. The summed E-state index contributed by atoms with van der Waals surface area (Å²) < 4.78 is 43.4. The number of ether oxygens (including phenoxy) is 3. The van der Waals surface area contributed by atoms with Crippen LogP contribution in [0.25, 0.3) is 0 Å². The Kier molecular flexibility index (Phi) is 6.02. The molecule has 1 fully saturated rings. The highest BCUT2D eigenvalue weighted by molar-refractivity contribution is 7.89. The van der Waals surface area contributed by atoms with Crippen molar-refractivity contribution in [3.63, 3.8) is 0 Å². The zero-order valence-electron chi connectivity index (χ0n) is 16.0. The van der Waals surface area contributed by atoms with E-state index in [4.69, 9.17) is 14.2 Å². The molecule has 2 aromatic carbocycles. The van der Waals surface area contributed by atoms with E-state index in [9.17, 15) is 13.2 Å². The Morgan fingerprint density at radius 2 is 1.64 bits per heavy atom. The zero-order valence-corrected chi connectivity index (χ0v) is 16.8. The average Bonchev–Trinajstić information content (AvgIpc) is 2.68. The Morgan fingerprint density at radius 3 is 2.25 bits per heavy atom. The highest BCUT2D eigenvalue weighted by atomic mass is 32.2. The Bertz CT molecular complexity index is 931. The van der Waals surface area contributed by atoms with Gasteiger partial charge in [-0.1, -0.05) is 6.07 Å². The number of nitrogens with zero attached hydrogens (tertiary/aromatic N) is 1. The molecule has 0 unspecified atom stereocenters. The molecule has 0 saturated carbocycles. The van der Waals surface area contributed by atoms with Crippen molar-refractivity contribution in [3.8, 4) is 11.5 Å². The fraction of sp³-hybridized carbons (Fsp3) is 0.350. The molecular formula is C20H23NO6S. The van der Waals surface area contributed by atoms with Crippen LogP contribution in [0.1, 0.15) is 24.2 Å². The summed E-state index contributed by atoms with van der Waals surface area (Å²) in [6.07, 6.45) is -0.386. The first-order valence-corrected chi connectivity index (χ1v) is 10.4. The third-order valence-electron chi connectivity index (χ3n) is 4.36. The Morgan fingerprint density at radius 1 is 1.04 bits per heavy atom. The molecule has 0 radical (unpaired) electrons. The first-order chi connectivity index (χ1) is 13.3. The van der Waals surface area contributed by atoms with Crippen LogP contribution in [0.2, 0.25) is 0 Å². The van der Waals surface area contributed by atoms with Gasteiger partial charge in [0.15, 0.2) is 0 Å². The van der Waals surface area contributed by atoms with E-state index >= 15 is 0 Å². The number of hydrogen-bond acceptors (Lipinski definition) is 6. The van der Waals surface area contributed by atoms with Gasteiger partial charge in [-0.25, -0.2) is 13.2 Å². The minimum absolute atomic E-state index is 0.0537. The molecule has 1 aliphatic rings. The number of esters is 1. The normalized spacial score (nSPS) is 20.5. The van der Waals surface area contributed by atoms with Crippen molar-refractivity contribution in [1.82, 2.24) is 4.31 Å². The quantitative estimate of drug-likeness (QED) is 0.562. The third kappa shape index (κ3) is 4.52. The van der Waals surface area contributed by atoms with Gasteiger partial charge < -0.3 is 14.2 Å². The largest absolute Gasteiger partial charge is 0.497 e. The summed E-state index contributed by atoms with van der Waals surface area (Å²) in [6.45, 7) is 4.21. The number of rotatable bonds is 5. The molecule has 0 N–H and O–H groups in total. The van der Waals surface area contributed by atoms with Crippen molar-refractivity contribution in [2.24, 2.45) is 0 Å². The summed E-state index contributed by atoms with van der Waals surface area (Å²) >= 11 is 0. The maximum Gasteiger partial charge on any atom is 0.343 e. The predicted octanol–water partition coefficient (Wildman–Crippen LogP) is 2.71. The third-order valence-corrected chi connectivity index (χ3v) is 6.19. The molecule has 2 aromatic rings. The lowest BCUT2D eigenvalue weighted by Gasteiger charge is -2.34. The Balaban J connectivity index is 1.79. The minimum atomic E-state index is -3.74. The van der Waals surface area contributed by atoms with Crippen molar-refractivity contribution in [1.29, 1.82) is 0 Å². The Hall–Kier alpha value is -2.42. The van der Waals surface area contributed by atoms with E-state index in [1.807, 2.05) is 13.8 Å². The van der Waals surface area contributed by atoms with Crippen LogP contribution >= 0.6 is 0 Å². The molecule has 0 spiro atoms. The van der Waals surface area contributed by atoms with Crippen molar-refractivity contribution >= 4 is 16.0 Å². The molecule has 3 rings (SSSR count). The van der Waals surface area contributed by atoms with E-state index in [1.165, 1.54) is 28.6 Å². The molecule has 1 heterocycles. The highest BCUT2D eigenvalue weighted by Gasteiger charge is 2.32. The van der Waals surface area contributed by atoms with Crippen LogP contribution in [0.4, 0.5) is 0 Å². The molecule has 2 atom stereocenters. The van der Waals surface area contributed by atoms with Crippen molar-refractivity contribution in [3.05, 3.63) is 54.1 Å². The van der Waals surface area contributed by atoms with Crippen LogP contribution in [0.15, 0.2) is 53.4 Å². The van der Waals surface area contributed by atoms with Crippen LogP contribution in [-0.2, 0) is 14.8 Å². The SMILES string of the molecule is COc1ccc(OC(=O)c2cccc(S(=O)(=O)N3C[C@@H](C)O[C@H](C)C3)c2)cc1. The van der Waals surface area contributed by atoms with E-state index in [1.54, 1.807) is 31.4 Å². The number of morpholine rings is 1. The van der Waals surface area contributed by atoms with Crippen molar-refractivity contribution < 1.29 is 27.4 Å². The van der Waals surface area contributed by atoms with Gasteiger partial charge in [-0.2, -0.15) is 4.31 Å². The number of hydrogen-bond donors (Lipinski definition) is 0. The lowest BCUT2D eigenvalue weighted by Crippen LogP contribution is -2.48. The van der Waals surface area contributed by atoms with Crippen LogP contribution in [0.5, 0.6) is 11.5 Å². The van der Waals surface area contributed by atoms with E-state index in [-0.39, 0.29) is 35.8 Å². The second-order valence-electron chi connectivity index (χ2n) is 6.67. The highest BCUT2D eigenvalue weighted by Crippen LogP contribution is 2.23. The van der Waals surface area contributed by atoms with Gasteiger partial charge in [0.2, 0.25) is 10.0 Å². The molecule has 0 amide bonds. The Labute approximate surface area is 164 Å². The first kappa shape index (κ1) is 20.3.